The van der Waals surface area contributed by atoms with E-state index in [2.05, 4.69) is 25.7 Å². The number of hydrogen-bond acceptors (Lipinski definition) is 6. The van der Waals surface area contributed by atoms with Crippen molar-refractivity contribution in [1.29, 1.82) is 0 Å². The zero-order valence-corrected chi connectivity index (χ0v) is 21.9. The van der Waals surface area contributed by atoms with Crippen LogP contribution < -0.4 is 15.4 Å². The number of rotatable bonds is 4. The number of carbonyl (C=O) groups is 2. The van der Waals surface area contributed by atoms with Crippen LogP contribution in [0.1, 0.15) is 44.8 Å². The topological polar surface area (TPSA) is 98.0 Å². The molecule has 0 unspecified atom stereocenters. The fourth-order valence-corrected chi connectivity index (χ4v) is 4.60. The van der Waals surface area contributed by atoms with Crippen molar-refractivity contribution in [3.05, 3.63) is 50.9 Å². The van der Waals surface area contributed by atoms with E-state index in [-0.39, 0.29) is 33.1 Å². The largest absolute Gasteiger partial charge is 0.479 e. The zero-order chi connectivity index (χ0) is 27.3. The van der Waals surface area contributed by atoms with Crippen molar-refractivity contribution in [2.45, 2.75) is 25.9 Å². The number of nitrogens with two attached hydrogens (primary N) is 1. The smallest absolute Gasteiger partial charge is 0.418 e. The molecule has 0 aliphatic carbocycles. The first-order valence-corrected chi connectivity index (χ1v) is 12.3. The van der Waals surface area contributed by atoms with Crippen LogP contribution >= 0.6 is 15.9 Å². The fourth-order valence-electron chi connectivity index (χ4n) is 4.14. The van der Waals surface area contributed by atoms with Crippen molar-refractivity contribution >= 4 is 33.4 Å². The van der Waals surface area contributed by atoms with Crippen LogP contribution in [0.2, 0.25) is 0 Å². The van der Waals surface area contributed by atoms with Crippen molar-refractivity contribution in [3.8, 4) is 5.88 Å². The molecule has 0 saturated carbocycles. The molecule has 202 valence electrons. The maximum Gasteiger partial charge on any atom is 0.418 e. The molecule has 0 bridgehead atoms. The standard InChI is InChI=1S/C16H18BrF3N2O2.C8H9FN2O2/c17-11-9-12(15(23)22-5-7-24-8-6-22)14(21-3-1-2-4-21)13(10-11)16(18,19)20;1-4-3-5(7(10)12)6(9)8(11-4)13-2/h9-10H,1-8H2;3H,1-2H3,(H2,10,12). The van der Waals surface area contributed by atoms with Crippen LogP contribution in [0.4, 0.5) is 23.2 Å². The second-order valence-electron chi connectivity index (χ2n) is 8.44. The molecular weight excluding hydrogens is 564 g/mol. The zero-order valence-electron chi connectivity index (χ0n) is 20.3. The first-order chi connectivity index (χ1) is 17.4. The number of pyridine rings is 1. The molecule has 1 aromatic carbocycles. The molecule has 37 heavy (non-hydrogen) atoms. The molecular formula is C24H27BrF4N4O4. The number of morpholine rings is 1. The number of halogens is 5. The normalized spacial score (nSPS) is 15.8. The summed E-state index contributed by atoms with van der Waals surface area (Å²) in [6, 6.07) is 3.84. The summed E-state index contributed by atoms with van der Waals surface area (Å²) in [6.45, 7) is 4.30. The van der Waals surface area contributed by atoms with Crippen molar-refractivity contribution in [2.75, 3.05) is 51.4 Å². The maximum atomic E-state index is 13.6. The quantitative estimate of drug-likeness (QED) is 0.537. The minimum Gasteiger partial charge on any atom is -0.479 e. The number of carbonyl (C=O) groups excluding carboxylic acids is 2. The van der Waals surface area contributed by atoms with E-state index in [0.29, 0.717) is 45.1 Å². The molecule has 2 saturated heterocycles. The highest BCUT2D eigenvalue weighted by atomic mass is 79.9. The Balaban J connectivity index is 0.000000248. The number of amides is 2. The van der Waals surface area contributed by atoms with Gasteiger partial charge >= 0.3 is 6.18 Å². The molecule has 2 aliphatic rings. The van der Waals surface area contributed by atoms with Crippen molar-refractivity contribution in [3.63, 3.8) is 0 Å². The van der Waals surface area contributed by atoms with Gasteiger partial charge in [0.2, 0.25) is 0 Å². The molecule has 2 N–H and O–H groups in total. The van der Waals surface area contributed by atoms with Gasteiger partial charge in [0, 0.05) is 36.3 Å². The van der Waals surface area contributed by atoms with Gasteiger partial charge in [0.25, 0.3) is 17.7 Å². The molecule has 3 heterocycles. The number of methoxy groups -OCH3 is 1. The van der Waals surface area contributed by atoms with E-state index in [4.69, 9.17) is 10.5 Å². The highest BCUT2D eigenvalue weighted by Gasteiger charge is 2.39. The van der Waals surface area contributed by atoms with Crippen LogP contribution in [0.15, 0.2) is 22.7 Å². The third-order valence-electron chi connectivity index (χ3n) is 5.85. The van der Waals surface area contributed by atoms with Gasteiger partial charge in [0.1, 0.15) is 0 Å². The van der Waals surface area contributed by atoms with E-state index < -0.39 is 23.5 Å². The third-order valence-corrected chi connectivity index (χ3v) is 6.30. The van der Waals surface area contributed by atoms with Crippen LogP contribution in [-0.2, 0) is 10.9 Å². The minimum absolute atomic E-state index is 0.0136. The van der Waals surface area contributed by atoms with Gasteiger partial charge in [-0.05, 0) is 38.0 Å². The molecule has 0 atom stereocenters. The van der Waals surface area contributed by atoms with Gasteiger partial charge in [-0.2, -0.15) is 13.2 Å². The summed E-state index contributed by atoms with van der Waals surface area (Å²) < 4.78 is 64.0. The molecule has 0 spiro atoms. The average Bonchev–Trinajstić information content (AvgIpc) is 3.39. The van der Waals surface area contributed by atoms with E-state index in [1.54, 1.807) is 16.7 Å². The van der Waals surface area contributed by atoms with Gasteiger partial charge < -0.3 is 25.0 Å². The van der Waals surface area contributed by atoms with Crippen molar-refractivity contribution in [1.82, 2.24) is 9.88 Å². The number of benzene rings is 1. The second-order valence-corrected chi connectivity index (χ2v) is 9.36. The van der Waals surface area contributed by atoms with Crippen molar-refractivity contribution < 1.29 is 36.6 Å². The Bertz CT molecular complexity index is 1150. The van der Waals surface area contributed by atoms with Gasteiger partial charge in [-0.1, -0.05) is 15.9 Å². The Kier molecular flexibility index (Phi) is 9.35. The Morgan fingerprint density at radius 3 is 2.24 bits per heavy atom. The lowest BCUT2D eigenvalue weighted by Crippen LogP contribution is -2.41. The first kappa shape index (κ1) is 28.6. The Labute approximate surface area is 219 Å². The summed E-state index contributed by atoms with van der Waals surface area (Å²) in [5, 5.41) is 0. The fraction of sp³-hybridized carbons (Fsp3) is 0.458. The van der Waals surface area contributed by atoms with Crippen LogP contribution in [0.3, 0.4) is 0 Å². The summed E-state index contributed by atoms with van der Waals surface area (Å²) in [6.07, 6.45) is -2.85. The van der Waals surface area contributed by atoms with Crippen molar-refractivity contribution in [2.24, 2.45) is 5.73 Å². The van der Waals surface area contributed by atoms with E-state index in [9.17, 15) is 27.2 Å². The number of anilines is 1. The maximum absolute atomic E-state index is 13.6. The van der Waals surface area contributed by atoms with Gasteiger partial charge in [0.15, 0.2) is 5.82 Å². The highest BCUT2D eigenvalue weighted by Crippen LogP contribution is 2.42. The summed E-state index contributed by atoms with van der Waals surface area (Å²) in [4.78, 5) is 30.6. The number of nitrogens with zero attached hydrogens (tertiary/aromatic N) is 3. The predicted molar refractivity (Wildman–Crippen MR) is 131 cm³/mol. The molecule has 2 fully saturated rings. The minimum atomic E-state index is -4.51. The summed E-state index contributed by atoms with van der Waals surface area (Å²) in [5.74, 6) is -2.23. The Morgan fingerprint density at radius 2 is 1.70 bits per heavy atom. The number of aryl methyl sites for hydroxylation is 1. The van der Waals surface area contributed by atoms with Crippen LogP contribution in [-0.4, -0.2) is 68.2 Å². The monoisotopic (exact) mass is 590 g/mol. The van der Waals surface area contributed by atoms with E-state index in [0.717, 1.165) is 18.9 Å². The van der Waals surface area contributed by atoms with Crippen LogP contribution in [0.5, 0.6) is 5.88 Å². The van der Waals surface area contributed by atoms with Gasteiger partial charge in [-0.3, -0.25) is 9.59 Å². The summed E-state index contributed by atoms with van der Waals surface area (Å²) in [7, 11) is 1.27. The highest BCUT2D eigenvalue weighted by molar-refractivity contribution is 9.10. The molecule has 2 amide bonds. The molecule has 1 aromatic heterocycles. The second kappa shape index (κ2) is 12.1. The Morgan fingerprint density at radius 1 is 1.08 bits per heavy atom. The molecule has 0 radical (unpaired) electrons. The lowest BCUT2D eigenvalue weighted by molar-refractivity contribution is -0.137. The van der Waals surface area contributed by atoms with E-state index in [1.165, 1.54) is 19.2 Å². The molecule has 2 aliphatic heterocycles. The Hall–Kier alpha value is -2.93. The third kappa shape index (κ3) is 6.89. The number of hydrogen-bond donors (Lipinski definition) is 1. The first-order valence-electron chi connectivity index (χ1n) is 11.5. The van der Waals surface area contributed by atoms with Gasteiger partial charge in [0.05, 0.1) is 42.7 Å². The number of ether oxygens (including phenoxy) is 2. The number of aromatic nitrogens is 1. The predicted octanol–water partition coefficient (Wildman–Crippen LogP) is 4.18. The van der Waals surface area contributed by atoms with Crippen LogP contribution in [0.25, 0.3) is 0 Å². The molecule has 4 rings (SSSR count). The van der Waals surface area contributed by atoms with Crippen LogP contribution in [0, 0.1) is 12.7 Å². The molecule has 8 nitrogen and oxygen atoms in total. The molecule has 13 heteroatoms. The SMILES string of the molecule is COc1nc(C)cc(C(N)=O)c1F.O=C(c1cc(Br)cc(C(F)(F)F)c1N1CCCC1)N1CCOCC1. The summed E-state index contributed by atoms with van der Waals surface area (Å²) >= 11 is 3.13. The summed E-state index contributed by atoms with van der Waals surface area (Å²) in [5.41, 5.74) is 4.59. The lowest BCUT2D eigenvalue weighted by Gasteiger charge is -2.31. The average molecular weight is 591 g/mol. The number of alkyl halides is 3. The lowest BCUT2D eigenvalue weighted by atomic mass is 10.0. The van der Waals surface area contributed by atoms with E-state index in [1.807, 2.05) is 0 Å². The van der Waals surface area contributed by atoms with E-state index >= 15 is 0 Å². The van der Waals surface area contributed by atoms with Gasteiger partial charge in [-0.15, -0.1) is 0 Å². The molecule has 2 aromatic rings. The number of primary amides is 1. The van der Waals surface area contributed by atoms with Gasteiger partial charge in [-0.25, -0.2) is 9.37 Å².